The van der Waals surface area contributed by atoms with E-state index >= 15 is 0 Å². The molecule has 100 heavy (non-hydrogen) atoms. The Hall–Kier alpha value is -13.6. The lowest BCUT2D eigenvalue weighted by Gasteiger charge is -2.12. The van der Waals surface area contributed by atoms with Crippen molar-refractivity contribution in [3.05, 3.63) is 352 Å². The molecule has 0 fully saturated rings. The van der Waals surface area contributed by atoms with E-state index in [1.165, 1.54) is 54.7 Å². The molecule has 0 radical (unpaired) electrons. The fourth-order valence-electron chi connectivity index (χ4n) is 14.6. The number of aromatic nitrogens is 6. The Kier molecular flexibility index (Phi) is 14.0. The van der Waals surface area contributed by atoms with E-state index in [0.717, 1.165) is 111 Å². The minimum absolute atomic E-state index is 0.673. The molecule has 468 valence electrons. The van der Waals surface area contributed by atoms with Crippen LogP contribution in [0, 0.1) is 0 Å². The predicted octanol–water partition coefficient (Wildman–Crippen LogP) is 24.3. The van der Waals surface area contributed by atoms with Crippen LogP contribution in [0.25, 0.3) is 189 Å². The van der Waals surface area contributed by atoms with Gasteiger partial charge in [-0.15, -0.1) is 0 Å². The number of furan rings is 2. The van der Waals surface area contributed by atoms with Gasteiger partial charge in [-0.3, -0.25) is 0 Å². The quantitative estimate of drug-likeness (QED) is 0.136. The topological polar surface area (TPSA) is 87.7 Å². The Balaban J connectivity index is 0.000000139. The zero-order valence-electron chi connectivity index (χ0n) is 54.0. The molecule has 8 nitrogen and oxygen atoms in total. The summed E-state index contributed by atoms with van der Waals surface area (Å²) in [6.07, 6.45) is 0. The third kappa shape index (κ3) is 9.92. The van der Waals surface area contributed by atoms with E-state index < -0.39 is 0 Å². The largest absolute Gasteiger partial charge is 0.452 e. The Morgan fingerprint density at radius 3 is 1.09 bits per heavy atom. The van der Waals surface area contributed by atoms with Gasteiger partial charge in [0.2, 0.25) is 0 Å². The maximum absolute atomic E-state index is 6.59. The van der Waals surface area contributed by atoms with E-state index in [4.69, 9.17) is 28.8 Å². The SMILES string of the molecule is c1ccc(-c2nc(-c3ccccc3)c3oc4cccc(-c5ccc(-c6ccc7c8ccccc8n(-c8ccccc8)c7c6)cc5)c4c3n2)cc1.c1ccc(-c2nc(-c3ccccc3)c3oc4cccc(-c5ccc(-c6cccc7c8ccccc8n(-c8ccccc8)c67)cc5)c4c3n2)cc1. The summed E-state index contributed by atoms with van der Waals surface area (Å²) in [4.78, 5) is 20.4. The zero-order chi connectivity index (χ0) is 66.0. The molecule has 6 heterocycles. The van der Waals surface area contributed by atoms with Crippen LogP contribution >= 0.6 is 0 Å². The van der Waals surface area contributed by atoms with Crippen molar-refractivity contribution in [2.45, 2.75) is 0 Å². The summed E-state index contributed by atoms with van der Waals surface area (Å²) in [6, 6.07) is 123. The standard InChI is InChI=1S/2C46H29N3O/c1-4-14-32(15-5-1)42-45-43(48-46(47-42)33-16-6-2-7-17-33)41-35(21-13-25-40(41)50-45)30-26-28-31(29-27-30)36-22-12-23-38-37-20-10-11-24-39(37)49(44(36)38)34-18-8-3-9-19-34;1-4-13-32(14-5-1)43-45-44(48-46(47-43)33-15-6-2-7-16-33)42-36(20-12-22-41(42)50-45)31-25-23-30(24-26-31)34-27-28-38-37-19-10-11-21-39(37)49(40(38)29-34)35-17-8-3-9-18-35/h2*1-29H. The first-order valence-electron chi connectivity index (χ1n) is 33.7. The number of rotatable bonds is 10. The summed E-state index contributed by atoms with van der Waals surface area (Å²) in [6.45, 7) is 0. The number of nitrogens with zero attached hydrogens (tertiary/aromatic N) is 6. The second kappa shape index (κ2) is 24.3. The maximum atomic E-state index is 6.59. The van der Waals surface area contributed by atoms with Gasteiger partial charge in [0.25, 0.3) is 0 Å². The van der Waals surface area contributed by atoms with Crippen molar-refractivity contribution < 1.29 is 8.83 Å². The van der Waals surface area contributed by atoms with Crippen LogP contribution in [-0.2, 0) is 0 Å². The van der Waals surface area contributed by atoms with Gasteiger partial charge in [0.15, 0.2) is 22.8 Å². The van der Waals surface area contributed by atoms with Crippen LogP contribution in [0.1, 0.15) is 0 Å². The Morgan fingerprint density at radius 1 is 0.230 bits per heavy atom. The van der Waals surface area contributed by atoms with E-state index in [-0.39, 0.29) is 0 Å². The summed E-state index contributed by atoms with van der Waals surface area (Å²) < 4.78 is 17.9. The second-order valence-corrected chi connectivity index (χ2v) is 25.1. The number of hydrogen-bond donors (Lipinski definition) is 0. The number of hydrogen-bond acceptors (Lipinski definition) is 6. The first-order valence-corrected chi connectivity index (χ1v) is 33.7. The molecule has 0 aliphatic heterocycles. The molecule has 0 N–H and O–H groups in total. The van der Waals surface area contributed by atoms with Crippen LogP contribution < -0.4 is 0 Å². The molecule has 0 bridgehead atoms. The average Bonchev–Trinajstić information content (AvgIpc) is 1.59. The Bertz CT molecular complexity index is 6470. The molecule has 20 rings (SSSR count). The van der Waals surface area contributed by atoms with Crippen LogP contribution in [0.3, 0.4) is 0 Å². The lowest BCUT2D eigenvalue weighted by Crippen LogP contribution is -1.95. The first-order chi connectivity index (χ1) is 49.6. The average molecular weight is 1280 g/mol. The number of fused-ring (bicyclic) bond motifs is 12. The van der Waals surface area contributed by atoms with Gasteiger partial charge >= 0.3 is 0 Å². The van der Waals surface area contributed by atoms with Gasteiger partial charge in [0.05, 0.1) is 32.8 Å². The molecule has 0 amide bonds. The molecule has 6 aromatic heterocycles. The van der Waals surface area contributed by atoms with Crippen LogP contribution in [0.15, 0.2) is 361 Å². The van der Waals surface area contributed by atoms with Crippen molar-refractivity contribution in [1.29, 1.82) is 0 Å². The fourth-order valence-corrected chi connectivity index (χ4v) is 14.6. The summed E-state index contributed by atoms with van der Waals surface area (Å²) in [7, 11) is 0. The van der Waals surface area contributed by atoms with Crippen molar-refractivity contribution in [1.82, 2.24) is 29.1 Å². The minimum atomic E-state index is 0.673. The third-order valence-corrected chi connectivity index (χ3v) is 19.3. The van der Waals surface area contributed by atoms with Crippen LogP contribution in [0.5, 0.6) is 0 Å². The highest BCUT2D eigenvalue weighted by atomic mass is 16.3. The predicted molar refractivity (Wildman–Crippen MR) is 411 cm³/mol. The normalized spacial score (nSPS) is 11.6. The molecule has 14 aromatic carbocycles. The lowest BCUT2D eigenvalue weighted by molar-refractivity contribution is 0.667. The summed E-state index contributed by atoms with van der Waals surface area (Å²) >= 11 is 0. The molecule has 0 aliphatic rings. The smallest absolute Gasteiger partial charge is 0.180 e. The maximum Gasteiger partial charge on any atom is 0.180 e. The minimum Gasteiger partial charge on any atom is -0.452 e. The van der Waals surface area contributed by atoms with E-state index in [1.807, 2.05) is 84.9 Å². The summed E-state index contributed by atoms with van der Waals surface area (Å²) in [5.74, 6) is 1.35. The lowest BCUT2D eigenvalue weighted by atomic mass is 9.96. The molecule has 0 unspecified atom stereocenters. The van der Waals surface area contributed by atoms with Gasteiger partial charge in [-0.2, -0.15) is 0 Å². The van der Waals surface area contributed by atoms with Crippen molar-refractivity contribution in [3.8, 4) is 101 Å². The van der Waals surface area contributed by atoms with Gasteiger partial charge in [0.1, 0.15) is 33.6 Å². The highest BCUT2D eigenvalue weighted by Gasteiger charge is 2.24. The van der Waals surface area contributed by atoms with Crippen LogP contribution in [-0.4, -0.2) is 29.1 Å². The molecular formula is C92H58N6O2. The molecule has 8 heteroatoms. The summed E-state index contributed by atoms with van der Waals surface area (Å²) in [5.41, 5.74) is 26.2. The van der Waals surface area contributed by atoms with Crippen LogP contribution in [0.2, 0.25) is 0 Å². The summed E-state index contributed by atoms with van der Waals surface area (Å²) in [5, 5.41) is 6.95. The van der Waals surface area contributed by atoms with Gasteiger partial charge in [0, 0.05) is 60.7 Å². The van der Waals surface area contributed by atoms with Gasteiger partial charge in [-0.1, -0.05) is 297 Å². The third-order valence-electron chi connectivity index (χ3n) is 19.3. The number of para-hydroxylation sites is 5. The molecule has 20 aromatic rings. The molecule has 0 saturated carbocycles. The second-order valence-electron chi connectivity index (χ2n) is 25.1. The first kappa shape index (κ1) is 57.9. The Morgan fingerprint density at radius 2 is 0.590 bits per heavy atom. The van der Waals surface area contributed by atoms with Crippen molar-refractivity contribution >= 4 is 87.7 Å². The monoisotopic (exact) mass is 1280 g/mol. The van der Waals surface area contributed by atoms with Crippen molar-refractivity contribution in [2.24, 2.45) is 0 Å². The van der Waals surface area contributed by atoms with Crippen molar-refractivity contribution in [2.75, 3.05) is 0 Å². The number of benzene rings is 14. The van der Waals surface area contributed by atoms with E-state index in [1.54, 1.807) is 0 Å². The zero-order valence-corrected chi connectivity index (χ0v) is 54.0. The fraction of sp³-hybridized carbons (Fsp3) is 0. The highest BCUT2D eigenvalue weighted by Crippen LogP contribution is 2.45. The van der Waals surface area contributed by atoms with E-state index in [0.29, 0.717) is 22.8 Å². The molecule has 0 atom stereocenters. The molecular weight excluding hydrogens is 1220 g/mol. The van der Waals surface area contributed by atoms with Crippen molar-refractivity contribution in [3.63, 3.8) is 0 Å². The van der Waals surface area contributed by atoms with Gasteiger partial charge in [-0.05, 0) is 93.5 Å². The molecule has 0 spiro atoms. The Labute approximate surface area is 575 Å². The van der Waals surface area contributed by atoms with Crippen LogP contribution in [0.4, 0.5) is 0 Å². The van der Waals surface area contributed by atoms with Gasteiger partial charge < -0.3 is 18.0 Å². The highest BCUT2D eigenvalue weighted by molar-refractivity contribution is 6.17. The van der Waals surface area contributed by atoms with E-state index in [2.05, 4.69) is 276 Å². The van der Waals surface area contributed by atoms with Gasteiger partial charge in [-0.25, -0.2) is 19.9 Å². The molecule has 0 saturated heterocycles. The molecule has 0 aliphatic carbocycles. The van der Waals surface area contributed by atoms with E-state index in [9.17, 15) is 0 Å².